The molecule has 0 aliphatic carbocycles. The van der Waals surface area contributed by atoms with Crippen LogP contribution < -0.4 is 0 Å². The van der Waals surface area contributed by atoms with Gasteiger partial charge in [-0.3, -0.25) is 0 Å². The molecular weight excluding hydrogens is 335 g/mol. The van der Waals surface area contributed by atoms with Gasteiger partial charge in [-0.15, -0.1) is 29.3 Å². The van der Waals surface area contributed by atoms with Gasteiger partial charge in [-0.05, 0) is 0 Å². The van der Waals surface area contributed by atoms with Gasteiger partial charge in [0, 0.05) is 0 Å². The van der Waals surface area contributed by atoms with Crippen molar-refractivity contribution < 1.29 is 14.8 Å². The van der Waals surface area contributed by atoms with Gasteiger partial charge in [-0.1, -0.05) is 10.0 Å². The van der Waals surface area contributed by atoms with E-state index >= 15 is 0 Å². The maximum atomic E-state index is 5.54. The fourth-order valence-electron chi connectivity index (χ4n) is 0.412. The van der Waals surface area contributed by atoms with E-state index in [4.69, 9.17) is 23.2 Å². The van der Waals surface area contributed by atoms with Crippen LogP contribution in [0.5, 0.6) is 0 Å². The molecule has 1 aromatic rings. The van der Waals surface area contributed by atoms with Gasteiger partial charge < -0.3 is 0 Å². The van der Waals surface area contributed by atoms with E-state index in [2.05, 4.69) is 25.8 Å². The summed E-state index contributed by atoms with van der Waals surface area (Å²) in [7, 11) is 0. The van der Waals surface area contributed by atoms with Crippen LogP contribution in [0.25, 0.3) is 0 Å². The molecule has 0 saturated heterocycles. The Bertz CT molecular complexity index is 176. The molecule has 4 heteroatoms. The zero-order valence-electron chi connectivity index (χ0n) is 5.07. The van der Waals surface area contributed by atoms with Crippen molar-refractivity contribution in [1.82, 2.24) is 0 Å². The molecule has 1 aromatic carbocycles. The van der Waals surface area contributed by atoms with Gasteiger partial charge in [0.25, 0.3) is 0 Å². The Labute approximate surface area is 91.1 Å². The Balaban J connectivity index is 0.000000371. The van der Waals surface area contributed by atoms with E-state index in [9.17, 15) is 0 Å². The van der Waals surface area contributed by atoms with Crippen molar-refractivity contribution in [3.8, 4) is 0 Å². The summed E-state index contributed by atoms with van der Waals surface area (Å²) in [4.78, 5) is 0. The standard InChI is InChI=1S/C6H3Cl2.HI.Zn/c7-5-2-1-3-6(8)4-5;;/h1-2,4H;1H;/q-1;;+2/p-1. The van der Waals surface area contributed by atoms with E-state index in [1.165, 1.54) is 14.8 Å². The van der Waals surface area contributed by atoms with Crippen LogP contribution in [0.2, 0.25) is 10.0 Å². The van der Waals surface area contributed by atoms with Crippen LogP contribution in [0.3, 0.4) is 0 Å². The van der Waals surface area contributed by atoms with Gasteiger partial charge in [0.05, 0.1) is 0 Å². The summed E-state index contributed by atoms with van der Waals surface area (Å²) in [5, 5.41) is 1.20. The van der Waals surface area contributed by atoms with Crippen molar-refractivity contribution in [3.05, 3.63) is 34.3 Å². The van der Waals surface area contributed by atoms with Gasteiger partial charge in [-0.25, -0.2) is 0 Å². The average molecular weight is 338 g/mol. The van der Waals surface area contributed by atoms with Gasteiger partial charge in [-0.2, -0.15) is 18.2 Å². The van der Waals surface area contributed by atoms with Crippen molar-refractivity contribution in [2.75, 3.05) is 0 Å². The molecule has 0 bridgehead atoms. The quantitative estimate of drug-likeness (QED) is 0.385. The van der Waals surface area contributed by atoms with Crippen LogP contribution in [0.1, 0.15) is 0 Å². The van der Waals surface area contributed by atoms with Crippen LogP contribution in [0.15, 0.2) is 18.2 Å². The van der Waals surface area contributed by atoms with E-state index in [0.29, 0.717) is 10.0 Å². The van der Waals surface area contributed by atoms with Crippen molar-refractivity contribution in [2.45, 2.75) is 0 Å². The fraction of sp³-hybridized carbons (Fsp3) is 0. The van der Waals surface area contributed by atoms with Gasteiger partial charge >= 0.3 is 34.5 Å². The summed E-state index contributed by atoms with van der Waals surface area (Å²) < 4.78 is 0. The Morgan fingerprint density at radius 2 is 2.00 bits per heavy atom. The first-order chi connectivity index (χ1) is 4.79. The molecule has 1 rings (SSSR count). The van der Waals surface area contributed by atoms with Crippen LogP contribution in [-0.4, -0.2) is 0 Å². The van der Waals surface area contributed by atoms with Gasteiger partial charge in [0.1, 0.15) is 0 Å². The van der Waals surface area contributed by atoms with Crippen molar-refractivity contribution in [2.24, 2.45) is 0 Å². The van der Waals surface area contributed by atoms with Crippen molar-refractivity contribution in [3.63, 3.8) is 0 Å². The third-order valence-electron chi connectivity index (χ3n) is 0.728. The number of halogens is 3. The number of benzene rings is 1. The molecule has 0 aliphatic heterocycles. The molecule has 0 spiro atoms. The molecule has 0 heterocycles. The molecule has 0 saturated carbocycles. The first kappa shape index (κ1) is 11.2. The van der Waals surface area contributed by atoms with Gasteiger partial charge in [0.2, 0.25) is 0 Å². The molecule has 0 aliphatic rings. The molecular formula is C6H3Cl2IZn. The molecule has 50 valence electrons. The van der Waals surface area contributed by atoms with Crippen LogP contribution in [0, 0.1) is 6.07 Å². The zero-order valence-corrected chi connectivity index (χ0v) is 11.7. The van der Waals surface area contributed by atoms with E-state index in [1.807, 2.05) is 0 Å². The molecule has 0 amide bonds. The topological polar surface area (TPSA) is 0 Å². The predicted molar refractivity (Wildman–Crippen MR) is 49.3 cm³/mol. The van der Waals surface area contributed by atoms with Crippen LogP contribution in [-0.2, 0) is 14.8 Å². The monoisotopic (exact) mass is 336 g/mol. The first-order valence-corrected chi connectivity index (χ1v) is 12.2. The molecule has 0 radical (unpaired) electrons. The molecule has 0 aromatic heterocycles. The summed E-state index contributed by atoms with van der Waals surface area (Å²) in [6, 6.07) is 7.81. The van der Waals surface area contributed by atoms with E-state index in [-0.39, 0.29) is 0 Å². The zero-order chi connectivity index (χ0) is 7.98. The van der Waals surface area contributed by atoms with E-state index in [0.717, 1.165) is 0 Å². The summed E-state index contributed by atoms with van der Waals surface area (Å²) in [5.41, 5.74) is 0. The Morgan fingerprint density at radius 1 is 1.40 bits per heavy atom. The molecule has 0 N–H and O–H groups in total. The second-order valence-electron chi connectivity index (χ2n) is 1.35. The van der Waals surface area contributed by atoms with Gasteiger partial charge in [0.15, 0.2) is 0 Å². The summed E-state index contributed by atoms with van der Waals surface area (Å²) in [6.45, 7) is 0. The first-order valence-electron chi connectivity index (χ1n) is 2.38. The fourth-order valence-corrected chi connectivity index (χ4v) is 0.820. The number of rotatable bonds is 0. The predicted octanol–water partition coefficient (Wildman–Crippen LogP) is 3.68. The van der Waals surface area contributed by atoms with Crippen molar-refractivity contribution in [1.29, 1.82) is 0 Å². The Hall–Kier alpha value is 1.15. The van der Waals surface area contributed by atoms with E-state index in [1.54, 1.807) is 18.2 Å². The Morgan fingerprint density at radius 3 is 2.30 bits per heavy atom. The summed E-state index contributed by atoms with van der Waals surface area (Å²) >= 11 is 14.7. The normalized spacial score (nSPS) is 8.10. The molecule has 0 fully saturated rings. The average Bonchev–Trinajstić information content (AvgIpc) is 1.91. The molecule has 10 heavy (non-hydrogen) atoms. The maximum absolute atomic E-state index is 5.54. The summed E-state index contributed by atoms with van der Waals surface area (Å²) in [6.07, 6.45) is 0. The van der Waals surface area contributed by atoms with Crippen LogP contribution >= 0.6 is 43.0 Å². The third-order valence-corrected chi connectivity index (χ3v) is 1.18. The second kappa shape index (κ2) is 6.84. The number of hydrogen-bond acceptors (Lipinski definition) is 0. The molecule has 0 atom stereocenters. The second-order valence-corrected chi connectivity index (χ2v) is 2.20. The minimum atomic E-state index is 0.553. The number of hydrogen-bond donors (Lipinski definition) is 0. The van der Waals surface area contributed by atoms with Crippen LogP contribution in [0.4, 0.5) is 0 Å². The Kier molecular flexibility index (Phi) is 7.63. The van der Waals surface area contributed by atoms with Crippen molar-refractivity contribution >= 4 is 43.0 Å². The molecule has 0 unspecified atom stereocenters. The minimum absolute atomic E-state index is 0.553. The third kappa shape index (κ3) is 4.89. The van der Waals surface area contributed by atoms with E-state index < -0.39 is 0 Å². The summed E-state index contributed by atoms with van der Waals surface area (Å²) in [5.74, 6) is 0. The molecule has 0 nitrogen and oxygen atoms in total. The SMILES string of the molecule is Clc1[c-]ccc(Cl)c1.[Zn+][I].